The van der Waals surface area contributed by atoms with Crippen LogP contribution < -0.4 is 15.4 Å². The molecule has 0 saturated heterocycles. The van der Waals surface area contributed by atoms with Crippen molar-refractivity contribution in [3.05, 3.63) is 54.1 Å². The number of carbonyl (C=O) groups excluding carboxylic acids is 2. The van der Waals surface area contributed by atoms with Gasteiger partial charge in [0.25, 0.3) is 0 Å². The molecule has 1 aliphatic heterocycles. The van der Waals surface area contributed by atoms with Crippen molar-refractivity contribution in [2.24, 2.45) is 0 Å². The maximum atomic E-state index is 12.6. The van der Waals surface area contributed by atoms with E-state index in [2.05, 4.69) is 10.6 Å². The number of benzene rings is 2. The summed E-state index contributed by atoms with van der Waals surface area (Å²) in [6.07, 6.45) is 0.142. The van der Waals surface area contributed by atoms with Crippen LogP contribution >= 0.6 is 0 Å². The lowest BCUT2D eigenvalue weighted by Crippen LogP contribution is -2.26. The van der Waals surface area contributed by atoms with Gasteiger partial charge in [0, 0.05) is 16.9 Å². The number of ether oxygens (including phenoxy) is 2. The van der Waals surface area contributed by atoms with Gasteiger partial charge in [-0.25, -0.2) is 4.79 Å². The number of nitrogens with one attached hydrogen (secondary N) is 2. The molecule has 2 amide bonds. The zero-order valence-electron chi connectivity index (χ0n) is 14.0. The Bertz CT molecular complexity index is 758. The molecule has 3 rings (SSSR count). The maximum absolute atomic E-state index is 12.6. The standard InChI is InChI=1S/C19H20N2O4/c1-2-24-19(23)21-14-9-7-13(8-10-14)20-18(22)16-11-12-25-17-6-4-3-5-15(16)17/h3-10,16H,2,11-12H2,1H3,(H,20,22)(H,21,23). The molecule has 6 heteroatoms. The highest BCUT2D eigenvalue weighted by molar-refractivity contribution is 5.96. The molecular weight excluding hydrogens is 320 g/mol. The Balaban J connectivity index is 1.65. The lowest BCUT2D eigenvalue weighted by molar-refractivity contribution is -0.118. The number of anilines is 2. The van der Waals surface area contributed by atoms with Crippen molar-refractivity contribution in [1.82, 2.24) is 0 Å². The molecule has 0 bridgehead atoms. The Kier molecular flexibility index (Phi) is 5.18. The van der Waals surface area contributed by atoms with Crippen LogP contribution in [0.3, 0.4) is 0 Å². The fourth-order valence-electron chi connectivity index (χ4n) is 2.77. The first-order valence-electron chi connectivity index (χ1n) is 8.24. The molecule has 2 aromatic carbocycles. The summed E-state index contributed by atoms with van der Waals surface area (Å²) in [4.78, 5) is 24.0. The molecule has 130 valence electrons. The van der Waals surface area contributed by atoms with E-state index in [-0.39, 0.29) is 11.8 Å². The third-order valence-corrected chi connectivity index (χ3v) is 3.95. The van der Waals surface area contributed by atoms with Crippen molar-refractivity contribution in [2.45, 2.75) is 19.3 Å². The van der Waals surface area contributed by atoms with Crippen molar-refractivity contribution in [1.29, 1.82) is 0 Å². The Labute approximate surface area is 146 Å². The van der Waals surface area contributed by atoms with Crippen LogP contribution in [-0.2, 0) is 9.53 Å². The molecule has 2 aromatic rings. The highest BCUT2D eigenvalue weighted by Crippen LogP contribution is 2.34. The smallest absolute Gasteiger partial charge is 0.411 e. The number of para-hydroxylation sites is 1. The molecule has 6 nitrogen and oxygen atoms in total. The van der Waals surface area contributed by atoms with Crippen LogP contribution in [0.4, 0.5) is 16.2 Å². The summed E-state index contributed by atoms with van der Waals surface area (Å²) >= 11 is 0. The first-order valence-corrected chi connectivity index (χ1v) is 8.24. The highest BCUT2D eigenvalue weighted by atomic mass is 16.5. The first kappa shape index (κ1) is 16.8. The molecule has 0 saturated carbocycles. The monoisotopic (exact) mass is 340 g/mol. The van der Waals surface area contributed by atoms with Gasteiger partial charge in [0.2, 0.25) is 5.91 Å². The number of amides is 2. The lowest BCUT2D eigenvalue weighted by atomic mass is 9.92. The normalized spacial score (nSPS) is 15.5. The van der Waals surface area contributed by atoms with Gasteiger partial charge in [-0.3, -0.25) is 10.1 Å². The SMILES string of the molecule is CCOC(=O)Nc1ccc(NC(=O)C2CCOc3ccccc32)cc1. The zero-order chi connectivity index (χ0) is 17.6. The summed E-state index contributed by atoms with van der Waals surface area (Å²) < 4.78 is 10.4. The minimum atomic E-state index is -0.502. The molecule has 0 aromatic heterocycles. The van der Waals surface area contributed by atoms with Crippen LogP contribution in [0.1, 0.15) is 24.8 Å². The number of rotatable bonds is 4. The molecule has 0 fully saturated rings. The molecule has 1 atom stereocenters. The van der Waals surface area contributed by atoms with Gasteiger partial charge in [0.1, 0.15) is 5.75 Å². The molecular formula is C19H20N2O4. The highest BCUT2D eigenvalue weighted by Gasteiger charge is 2.27. The summed E-state index contributed by atoms with van der Waals surface area (Å²) in [5, 5.41) is 5.53. The minimum absolute atomic E-state index is 0.0677. The van der Waals surface area contributed by atoms with Gasteiger partial charge >= 0.3 is 6.09 Å². The fraction of sp³-hybridized carbons (Fsp3) is 0.263. The Hall–Kier alpha value is -3.02. The Morgan fingerprint density at radius 2 is 1.76 bits per heavy atom. The number of hydrogen-bond donors (Lipinski definition) is 2. The molecule has 25 heavy (non-hydrogen) atoms. The molecule has 1 aliphatic rings. The summed E-state index contributed by atoms with van der Waals surface area (Å²) in [7, 11) is 0. The maximum Gasteiger partial charge on any atom is 0.411 e. The van der Waals surface area contributed by atoms with E-state index < -0.39 is 6.09 Å². The lowest BCUT2D eigenvalue weighted by Gasteiger charge is -2.25. The fourth-order valence-corrected chi connectivity index (χ4v) is 2.77. The van der Waals surface area contributed by atoms with E-state index in [4.69, 9.17) is 9.47 Å². The molecule has 1 unspecified atom stereocenters. The summed E-state index contributed by atoms with van der Waals surface area (Å²) in [5.74, 6) is 0.465. The van der Waals surface area contributed by atoms with E-state index in [0.717, 1.165) is 11.3 Å². The topological polar surface area (TPSA) is 76.7 Å². The average Bonchev–Trinajstić information content (AvgIpc) is 2.63. The third-order valence-electron chi connectivity index (χ3n) is 3.95. The van der Waals surface area contributed by atoms with Crippen molar-refractivity contribution in [3.63, 3.8) is 0 Å². The van der Waals surface area contributed by atoms with Crippen LogP contribution in [0.2, 0.25) is 0 Å². The number of carbonyl (C=O) groups is 2. The van der Waals surface area contributed by atoms with Gasteiger partial charge in [-0.1, -0.05) is 18.2 Å². The second-order valence-corrected chi connectivity index (χ2v) is 5.64. The van der Waals surface area contributed by atoms with Crippen LogP contribution in [0, 0.1) is 0 Å². The van der Waals surface area contributed by atoms with Gasteiger partial charge in [-0.05, 0) is 43.7 Å². The third kappa shape index (κ3) is 4.09. The van der Waals surface area contributed by atoms with Gasteiger partial charge in [-0.15, -0.1) is 0 Å². The predicted molar refractivity (Wildman–Crippen MR) is 95.0 cm³/mol. The van der Waals surface area contributed by atoms with E-state index in [1.54, 1.807) is 31.2 Å². The van der Waals surface area contributed by atoms with Crippen molar-refractivity contribution >= 4 is 23.4 Å². The molecule has 0 radical (unpaired) electrons. The van der Waals surface area contributed by atoms with Gasteiger partial charge in [0.05, 0.1) is 19.1 Å². The van der Waals surface area contributed by atoms with E-state index in [0.29, 0.717) is 31.0 Å². The van der Waals surface area contributed by atoms with Gasteiger partial charge in [0.15, 0.2) is 0 Å². The van der Waals surface area contributed by atoms with Crippen molar-refractivity contribution in [3.8, 4) is 5.75 Å². The van der Waals surface area contributed by atoms with E-state index in [1.165, 1.54) is 0 Å². The predicted octanol–water partition coefficient (Wildman–Crippen LogP) is 3.76. The minimum Gasteiger partial charge on any atom is -0.493 e. The largest absolute Gasteiger partial charge is 0.493 e. The number of hydrogen-bond acceptors (Lipinski definition) is 4. The Morgan fingerprint density at radius 3 is 2.48 bits per heavy atom. The zero-order valence-corrected chi connectivity index (χ0v) is 14.0. The summed E-state index contributed by atoms with van der Waals surface area (Å²) in [5.41, 5.74) is 2.18. The van der Waals surface area contributed by atoms with Crippen molar-refractivity contribution < 1.29 is 19.1 Å². The van der Waals surface area contributed by atoms with E-state index in [1.807, 2.05) is 24.3 Å². The number of fused-ring (bicyclic) bond motifs is 1. The van der Waals surface area contributed by atoms with Crippen LogP contribution in [0.25, 0.3) is 0 Å². The molecule has 0 aliphatic carbocycles. The van der Waals surface area contributed by atoms with Gasteiger partial charge in [-0.2, -0.15) is 0 Å². The Morgan fingerprint density at radius 1 is 1.08 bits per heavy atom. The quantitative estimate of drug-likeness (QED) is 0.888. The molecule has 2 N–H and O–H groups in total. The van der Waals surface area contributed by atoms with Crippen molar-refractivity contribution in [2.75, 3.05) is 23.8 Å². The van der Waals surface area contributed by atoms with Gasteiger partial charge < -0.3 is 14.8 Å². The molecule has 1 heterocycles. The van der Waals surface area contributed by atoms with Crippen LogP contribution in [0.5, 0.6) is 5.75 Å². The second kappa shape index (κ2) is 7.70. The average molecular weight is 340 g/mol. The second-order valence-electron chi connectivity index (χ2n) is 5.64. The first-order chi connectivity index (χ1) is 12.2. The summed E-state index contributed by atoms with van der Waals surface area (Å²) in [6.45, 7) is 2.58. The van der Waals surface area contributed by atoms with E-state index in [9.17, 15) is 9.59 Å². The van der Waals surface area contributed by atoms with E-state index >= 15 is 0 Å². The van der Waals surface area contributed by atoms with Crippen LogP contribution in [0.15, 0.2) is 48.5 Å². The van der Waals surface area contributed by atoms with Crippen LogP contribution in [-0.4, -0.2) is 25.2 Å². The molecule has 0 spiro atoms. The summed E-state index contributed by atoms with van der Waals surface area (Å²) in [6, 6.07) is 14.5.